The predicted molar refractivity (Wildman–Crippen MR) is 136 cm³/mol. The Balaban J connectivity index is 1.86. The van der Waals surface area contributed by atoms with E-state index in [1.807, 2.05) is 88.0 Å². The Labute approximate surface area is 200 Å². The molecule has 4 aromatic rings. The molecule has 0 bridgehead atoms. The lowest BCUT2D eigenvalue weighted by molar-refractivity contribution is 0.460. The van der Waals surface area contributed by atoms with Crippen LogP contribution in [0.2, 0.25) is 0 Å². The van der Waals surface area contributed by atoms with E-state index in [0.29, 0.717) is 11.5 Å². The number of aryl methyl sites for hydroxylation is 3. The Morgan fingerprint density at radius 2 is 1.15 bits per heavy atom. The van der Waals surface area contributed by atoms with Crippen molar-refractivity contribution in [2.24, 2.45) is 0 Å². The van der Waals surface area contributed by atoms with Crippen molar-refractivity contribution in [1.82, 2.24) is 0 Å². The van der Waals surface area contributed by atoms with Crippen LogP contribution in [0.15, 0.2) is 66.7 Å². The maximum atomic E-state index is 10.7. The summed E-state index contributed by atoms with van der Waals surface area (Å²) >= 11 is 0. The lowest BCUT2D eigenvalue weighted by Crippen LogP contribution is -2.13. The fraction of sp³-hybridized carbons (Fsp3) is 0.172. The Morgan fingerprint density at radius 3 is 1.71 bits per heavy atom. The molecule has 5 heteroatoms. The van der Waals surface area contributed by atoms with Gasteiger partial charge < -0.3 is 25.0 Å². The number of rotatable bonds is 5. The average Bonchev–Trinajstić information content (AvgIpc) is 2.81. The van der Waals surface area contributed by atoms with Gasteiger partial charge in [0.15, 0.2) is 0 Å². The minimum absolute atomic E-state index is 0.219. The highest BCUT2D eigenvalue weighted by Gasteiger charge is 2.21. The largest absolute Gasteiger partial charge is 0.508 e. The van der Waals surface area contributed by atoms with E-state index in [1.54, 1.807) is 18.2 Å². The van der Waals surface area contributed by atoms with Crippen LogP contribution in [0.1, 0.15) is 27.8 Å². The topological polar surface area (TPSA) is 73.2 Å². The van der Waals surface area contributed by atoms with Crippen molar-refractivity contribution in [2.75, 3.05) is 4.90 Å². The molecule has 174 valence electrons. The normalized spacial score (nSPS) is 10.9. The third-order valence-electron chi connectivity index (χ3n) is 6.17. The molecule has 4 aromatic carbocycles. The van der Waals surface area contributed by atoms with Crippen LogP contribution in [0.3, 0.4) is 0 Å². The molecule has 0 radical (unpaired) electrons. The van der Waals surface area contributed by atoms with E-state index in [9.17, 15) is 15.3 Å². The van der Waals surface area contributed by atoms with Crippen LogP contribution in [0.4, 0.5) is 17.1 Å². The van der Waals surface area contributed by atoms with Gasteiger partial charge in [0.25, 0.3) is 0 Å². The molecule has 0 fully saturated rings. The van der Waals surface area contributed by atoms with Gasteiger partial charge in [-0.05, 0) is 93.8 Å². The number of nitrogens with zero attached hydrogens (tertiary/aromatic N) is 1. The van der Waals surface area contributed by atoms with E-state index in [-0.39, 0.29) is 17.2 Å². The molecule has 0 spiro atoms. The smallest absolute Gasteiger partial charge is 0.129 e. The fourth-order valence-corrected chi connectivity index (χ4v) is 4.06. The van der Waals surface area contributed by atoms with Crippen LogP contribution < -0.4 is 9.64 Å². The van der Waals surface area contributed by atoms with E-state index in [2.05, 4.69) is 0 Å². The van der Waals surface area contributed by atoms with Crippen LogP contribution in [0.25, 0.3) is 0 Å². The van der Waals surface area contributed by atoms with Gasteiger partial charge in [-0.15, -0.1) is 0 Å². The van der Waals surface area contributed by atoms with Crippen molar-refractivity contribution < 1.29 is 20.1 Å². The highest BCUT2D eigenvalue weighted by Crippen LogP contribution is 2.44. The molecule has 0 saturated carbocycles. The number of anilines is 3. The summed E-state index contributed by atoms with van der Waals surface area (Å²) in [4.78, 5) is 2.01. The molecule has 0 aromatic heterocycles. The molecule has 4 rings (SSSR count). The summed E-state index contributed by atoms with van der Waals surface area (Å²) in [5.74, 6) is 1.94. The highest BCUT2D eigenvalue weighted by atomic mass is 16.5. The zero-order valence-corrected chi connectivity index (χ0v) is 20.0. The van der Waals surface area contributed by atoms with Gasteiger partial charge in [-0.1, -0.05) is 18.2 Å². The molecule has 5 nitrogen and oxygen atoms in total. The quantitative estimate of drug-likeness (QED) is 0.289. The van der Waals surface area contributed by atoms with Gasteiger partial charge in [0.05, 0.1) is 11.4 Å². The predicted octanol–water partition coefficient (Wildman–Crippen LogP) is 7.61. The number of ether oxygens (including phenoxy) is 1. The second-order valence-electron chi connectivity index (χ2n) is 8.63. The molecule has 0 atom stereocenters. The average molecular weight is 456 g/mol. The van der Waals surface area contributed by atoms with Crippen LogP contribution in [-0.2, 0) is 0 Å². The zero-order valence-electron chi connectivity index (χ0n) is 20.0. The van der Waals surface area contributed by atoms with Crippen LogP contribution in [0, 0.1) is 34.6 Å². The van der Waals surface area contributed by atoms with E-state index in [1.165, 1.54) is 0 Å². The van der Waals surface area contributed by atoms with Crippen molar-refractivity contribution >= 4 is 17.1 Å². The van der Waals surface area contributed by atoms with E-state index >= 15 is 0 Å². The number of benzene rings is 4. The first-order valence-electron chi connectivity index (χ1n) is 11.1. The molecular weight excluding hydrogens is 426 g/mol. The number of hydrogen-bond donors (Lipinski definition) is 3. The van der Waals surface area contributed by atoms with Gasteiger partial charge >= 0.3 is 0 Å². The molecule has 34 heavy (non-hydrogen) atoms. The first-order valence-corrected chi connectivity index (χ1v) is 11.1. The molecule has 3 N–H and O–H groups in total. The van der Waals surface area contributed by atoms with Crippen molar-refractivity contribution in [2.45, 2.75) is 34.6 Å². The summed E-state index contributed by atoms with van der Waals surface area (Å²) in [6.45, 7) is 9.32. The lowest BCUT2D eigenvalue weighted by atomic mass is 10.0. The van der Waals surface area contributed by atoms with Gasteiger partial charge in [0.1, 0.15) is 28.7 Å². The number of hydrogen-bond acceptors (Lipinski definition) is 5. The molecule has 0 heterocycles. The van der Waals surface area contributed by atoms with Crippen LogP contribution in [0.5, 0.6) is 28.7 Å². The number of phenols is 3. The zero-order chi connectivity index (χ0) is 24.6. The highest BCUT2D eigenvalue weighted by molar-refractivity contribution is 5.83. The first kappa shape index (κ1) is 23.1. The van der Waals surface area contributed by atoms with Gasteiger partial charge in [0.2, 0.25) is 0 Å². The van der Waals surface area contributed by atoms with Gasteiger partial charge in [-0.2, -0.15) is 0 Å². The SMILES string of the molecule is Cc1cc(Oc2cccc(N(c3ccc(C)c(O)c3C)c3ccc(C)c(O)c3C)c2)ccc1O. The van der Waals surface area contributed by atoms with Crippen molar-refractivity contribution in [3.05, 3.63) is 94.5 Å². The molecule has 0 amide bonds. The number of phenolic OH excluding ortho intramolecular Hbond substituents is 3. The van der Waals surface area contributed by atoms with Gasteiger partial charge in [-0.25, -0.2) is 0 Å². The van der Waals surface area contributed by atoms with Crippen LogP contribution >= 0.6 is 0 Å². The lowest BCUT2D eigenvalue weighted by Gasteiger charge is -2.29. The van der Waals surface area contributed by atoms with E-state index < -0.39 is 0 Å². The Bertz CT molecular complexity index is 1320. The molecule has 0 aliphatic rings. The minimum atomic E-state index is 0.219. The summed E-state index contributed by atoms with van der Waals surface area (Å²) in [5.41, 5.74) is 6.20. The molecule has 0 saturated heterocycles. The summed E-state index contributed by atoms with van der Waals surface area (Å²) in [6, 6.07) is 20.5. The molecular formula is C29H29NO4. The molecule has 0 aliphatic carbocycles. The summed E-state index contributed by atoms with van der Waals surface area (Å²) in [6.07, 6.45) is 0. The first-order chi connectivity index (χ1) is 16.2. The van der Waals surface area contributed by atoms with Crippen LogP contribution in [-0.4, -0.2) is 15.3 Å². The van der Waals surface area contributed by atoms with Crippen molar-refractivity contribution in [3.63, 3.8) is 0 Å². The van der Waals surface area contributed by atoms with Gasteiger partial charge in [-0.3, -0.25) is 0 Å². The van der Waals surface area contributed by atoms with E-state index in [0.717, 1.165) is 44.9 Å². The fourth-order valence-electron chi connectivity index (χ4n) is 4.06. The monoisotopic (exact) mass is 455 g/mol. The minimum Gasteiger partial charge on any atom is -0.508 e. The Hall–Kier alpha value is -4.12. The van der Waals surface area contributed by atoms with Crippen molar-refractivity contribution in [3.8, 4) is 28.7 Å². The summed E-state index contributed by atoms with van der Waals surface area (Å²) < 4.78 is 6.09. The maximum absolute atomic E-state index is 10.7. The molecule has 0 aliphatic heterocycles. The summed E-state index contributed by atoms with van der Waals surface area (Å²) in [5, 5.41) is 31.2. The second kappa shape index (κ2) is 9.02. The van der Waals surface area contributed by atoms with E-state index in [4.69, 9.17) is 4.74 Å². The molecule has 0 unspecified atom stereocenters. The Kier molecular flexibility index (Phi) is 6.12. The Morgan fingerprint density at radius 1 is 0.588 bits per heavy atom. The summed E-state index contributed by atoms with van der Waals surface area (Å²) in [7, 11) is 0. The maximum Gasteiger partial charge on any atom is 0.129 e. The third-order valence-corrected chi connectivity index (χ3v) is 6.17. The standard InChI is InChI=1S/C29H29NO4/c1-17-9-12-25(20(4)28(17)32)30(26-13-10-18(2)29(33)21(26)5)22-7-6-8-23(16-22)34-24-11-14-27(31)19(3)15-24/h6-16,31-33H,1-5H3. The second-order valence-corrected chi connectivity index (χ2v) is 8.63. The number of aromatic hydroxyl groups is 3. The van der Waals surface area contributed by atoms with Crippen molar-refractivity contribution in [1.29, 1.82) is 0 Å². The third kappa shape index (κ3) is 4.25. The van der Waals surface area contributed by atoms with Gasteiger partial charge in [0, 0.05) is 22.9 Å².